The molecule has 4 N–H and O–H groups in total. The van der Waals surface area contributed by atoms with Gasteiger partial charge < -0.3 is 11.5 Å². The lowest BCUT2D eigenvalue weighted by molar-refractivity contribution is 0.103. The number of rotatable bonds is 2. The van der Waals surface area contributed by atoms with Gasteiger partial charge in [-0.2, -0.15) is 0 Å². The average molecular weight is 291 g/mol. The molecule has 0 atom stereocenters. The van der Waals surface area contributed by atoms with E-state index >= 15 is 0 Å². The Morgan fingerprint density at radius 3 is 2.12 bits per heavy atom. The molecule has 2 aromatic rings. The summed E-state index contributed by atoms with van der Waals surface area (Å²) in [5, 5.41) is 0. The van der Waals surface area contributed by atoms with Crippen LogP contribution in [0.25, 0.3) is 0 Å². The summed E-state index contributed by atoms with van der Waals surface area (Å²) in [5.41, 5.74) is 13.6. The predicted molar refractivity (Wildman–Crippen MR) is 72.8 cm³/mol. The molecule has 2 rings (SSSR count). The van der Waals surface area contributed by atoms with E-state index in [1.807, 2.05) is 0 Å². The second-order valence-electron chi connectivity index (χ2n) is 3.69. The van der Waals surface area contributed by atoms with Crippen LogP contribution < -0.4 is 11.5 Å². The Morgan fingerprint density at radius 1 is 0.941 bits per heavy atom. The highest BCUT2D eigenvalue weighted by Gasteiger charge is 2.12. The Labute approximate surface area is 108 Å². The van der Waals surface area contributed by atoms with Gasteiger partial charge in [-0.05, 0) is 58.4 Å². The molecule has 2 aromatic carbocycles. The molecule has 0 aliphatic carbocycles. The molecule has 0 radical (unpaired) electrons. The molecule has 0 amide bonds. The third-order valence-corrected chi connectivity index (χ3v) is 3.07. The van der Waals surface area contributed by atoms with Gasteiger partial charge in [0.2, 0.25) is 0 Å². The zero-order valence-electron chi connectivity index (χ0n) is 8.98. The van der Waals surface area contributed by atoms with Crippen LogP contribution in [0.1, 0.15) is 15.9 Å². The zero-order valence-corrected chi connectivity index (χ0v) is 10.6. The van der Waals surface area contributed by atoms with E-state index in [1.165, 1.54) is 0 Å². The monoisotopic (exact) mass is 290 g/mol. The molecule has 0 bridgehead atoms. The highest BCUT2D eigenvalue weighted by molar-refractivity contribution is 9.10. The van der Waals surface area contributed by atoms with Gasteiger partial charge in [-0.25, -0.2) is 0 Å². The molecule has 0 heterocycles. The van der Waals surface area contributed by atoms with E-state index in [0.717, 1.165) is 0 Å². The molecule has 3 nitrogen and oxygen atoms in total. The first-order valence-corrected chi connectivity index (χ1v) is 5.82. The van der Waals surface area contributed by atoms with Gasteiger partial charge in [0.05, 0.1) is 0 Å². The quantitative estimate of drug-likeness (QED) is 0.660. The molecule has 0 aliphatic heterocycles. The predicted octanol–water partition coefficient (Wildman–Crippen LogP) is 2.84. The minimum absolute atomic E-state index is 0.0584. The van der Waals surface area contributed by atoms with Gasteiger partial charge in [-0.1, -0.05) is 0 Å². The molecular weight excluding hydrogens is 280 g/mol. The summed E-state index contributed by atoms with van der Waals surface area (Å²) in [6, 6.07) is 12.0. The van der Waals surface area contributed by atoms with Crippen LogP contribution in [0.5, 0.6) is 0 Å². The van der Waals surface area contributed by atoms with Crippen LogP contribution in [0.2, 0.25) is 0 Å². The lowest BCUT2D eigenvalue weighted by Crippen LogP contribution is -2.03. The summed E-state index contributed by atoms with van der Waals surface area (Å²) in [7, 11) is 0. The number of hydrogen-bond acceptors (Lipinski definition) is 3. The third kappa shape index (κ3) is 2.47. The smallest absolute Gasteiger partial charge is 0.194 e. The van der Waals surface area contributed by atoms with Crippen molar-refractivity contribution in [1.82, 2.24) is 0 Å². The lowest BCUT2D eigenvalue weighted by atomic mass is 10.0. The minimum Gasteiger partial charge on any atom is -0.399 e. The Kier molecular flexibility index (Phi) is 3.15. The topological polar surface area (TPSA) is 69.1 Å². The van der Waals surface area contributed by atoms with E-state index in [4.69, 9.17) is 11.5 Å². The van der Waals surface area contributed by atoms with Gasteiger partial charge >= 0.3 is 0 Å². The molecule has 0 fully saturated rings. The highest BCUT2D eigenvalue weighted by atomic mass is 79.9. The van der Waals surface area contributed by atoms with Crippen LogP contribution >= 0.6 is 15.9 Å². The molecule has 0 saturated carbocycles. The van der Waals surface area contributed by atoms with E-state index in [0.29, 0.717) is 27.0 Å². The fourth-order valence-corrected chi connectivity index (χ4v) is 2.08. The molecule has 0 spiro atoms. The number of benzene rings is 2. The summed E-state index contributed by atoms with van der Waals surface area (Å²) in [5.74, 6) is -0.0584. The lowest BCUT2D eigenvalue weighted by Gasteiger charge is -2.05. The second-order valence-corrected chi connectivity index (χ2v) is 4.54. The fraction of sp³-hybridized carbons (Fsp3) is 0. The second kappa shape index (κ2) is 4.59. The van der Waals surface area contributed by atoms with Crippen LogP contribution in [0.15, 0.2) is 46.9 Å². The molecule has 0 saturated heterocycles. The van der Waals surface area contributed by atoms with Gasteiger partial charge in [-0.3, -0.25) is 4.79 Å². The Balaban J connectivity index is 2.40. The molecule has 86 valence electrons. The summed E-state index contributed by atoms with van der Waals surface area (Å²) in [4.78, 5) is 12.2. The van der Waals surface area contributed by atoms with Crippen LogP contribution in [0.4, 0.5) is 11.4 Å². The highest BCUT2D eigenvalue weighted by Crippen LogP contribution is 2.23. The number of ketones is 1. The summed E-state index contributed by atoms with van der Waals surface area (Å²) >= 11 is 3.33. The maximum Gasteiger partial charge on any atom is 0.194 e. The van der Waals surface area contributed by atoms with Gasteiger partial charge in [0.15, 0.2) is 5.78 Å². The largest absolute Gasteiger partial charge is 0.399 e. The first-order chi connectivity index (χ1) is 8.08. The number of hydrogen-bond donors (Lipinski definition) is 2. The van der Waals surface area contributed by atoms with Crippen molar-refractivity contribution in [3.63, 3.8) is 0 Å². The molecule has 17 heavy (non-hydrogen) atoms. The number of carbonyl (C=O) groups is 1. The summed E-state index contributed by atoms with van der Waals surface area (Å²) in [6.07, 6.45) is 0. The Morgan fingerprint density at radius 2 is 1.53 bits per heavy atom. The van der Waals surface area contributed by atoms with E-state index < -0.39 is 0 Å². The van der Waals surface area contributed by atoms with Gasteiger partial charge in [0, 0.05) is 27.0 Å². The van der Waals surface area contributed by atoms with E-state index in [9.17, 15) is 4.79 Å². The standard InChI is InChI=1S/C13H11BrN2O/c14-12-7-10(16)5-6-11(12)13(17)8-1-3-9(15)4-2-8/h1-7H,15-16H2. The van der Waals surface area contributed by atoms with Crippen LogP contribution in [0.3, 0.4) is 0 Å². The molecule has 4 heteroatoms. The number of nitrogens with two attached hydrogens (primary N) is 2. The van der Waals surface area contributed by atoms with Crippen molar-refractivity contribution in [1.29, 1.82) is 0 Å². The minimum atomic E-state index is -0.0584. The van der Waals surface area contributed by atoms with E-state index in [-0.39, 0.29) is 5.78 Å². The third-order valence-electron chi connectivity index (χ3n) is 2.41. The molecule has 0 unspecified atom stereocenters. The molecule has 0 aromatic heterocycles. The van der Waals surface area contributed by atoms with Crippen molar-refractivity contribution in [3.8, 4) is 0 Å². The van der Waals surface area contributed by atoms with Crippen molar-refractivity contribution in [2.24, 2.45) is 0 Å². The summed E-state index contributed by atoms with van der Waals surface area (Å²) < 4.78 is 0.694. The maximum absolute atomic E-state index is 12.2. The number of carbonyl (C=O) groups excluding carboxylic acids is 1. The maximum atomic E-state index is 12.2. The number of anilines is 2. The van der Waals surface area contributed by atoms with Crippen LogP contribution in [-0.2, 0) is 0 Å². The number of halogens is 1. The first kappa shape index (κ1) is 11.7. The van der Waals surface area contributed by atoms with Gasteiger partial charge in [0.1, 0.15) is 0 Å². The van der Waals surface area contributed by atoms with Crippen molar-refractivity contribution in [2.45, 2.75) is 0 Å². The fourth-order valence-electron chi connectivity index (χ4n) is 1.51. The summed E-state index contributed by atoms with van der Waals surface area (Å²) in [6.45, 7) is 0. The van der Waals surface area contributed by atoms with Crippen molar-refractivity contribution < 1.29 is 4.79 Å². The van der Waals surface area contributed by atoms with E-state index in [2.05, 4.69) is 15.9 Å². The van der Waals surface area contributed by atoms with Crippen LogP contribution in [0, 0.1) is 0 Å². The molecular formula is C13H11BrN2O. The van der Waals surface area contributed by atoms with Crippen molar-refractivity contribution in [3.05, 3.63) is 58.1 Å². The average Bonchev–Trinajstić information content (AvgIpc) is 2.29. The Bertz CT molecular complexity index is 564. The van der Waals surface area contributed by atoms with E-state index in [1.54, 1.807) is 42.5 Å². The van der Waals surface area contributed by atoms with Crippen molar-refractivity contribution >= 4 is 33.1 Å². The SMILES string of the molecule is Nc1ccc(C(=O)c2ccc(N)cc2Br)cc1. The number of nitrogen functional groups attached to an aromatic ring is 2. The normalized spacial score (nSPS) is 10.2. The van der Waals surface area contributed by atoms with Gasteiger partial charge in [-0.15, -0.1) is 0 Å². The Hall–Kier alpha value is -1.81. The first-order valence-electron chi connectivity index (χ1n) is 5.03. The molecule has 0 aliphatic rings. The zero-order chi connectivity index (χ0) is 12.4. The van der Waals surface area contributed by atoms with Crippen LogP contribution in [-0.4, -0.2) is 5.78 Å². The van der Waals surface area contributed by atoms with Gasteiger partial charge in [0.25, 0.3) is 0 Å². The van der Waals surface area contributed by atoms with Crippen molar-refractivity contribution in [2.75, 3.05) is 11.5 Å².